The van der Waals surface area contributed by atoms with Gasteiger partial charge in [-0.05, 0) is 36.5 Å². The Morgan fingerprint density at radius 3 is 2.06 bits per heavy atom. The molecule has 0 heterocycles. The van der Waals surface area contributed by atoms with E-state index in [0.717, 1.165) is 17.1 Å². The first-order valence-corrected chi connectivity index (χ1v) is 7.14. The molecule has 0 unspecified atom stereocenters. The van der Waals surface area contributed by atoms with Gasteiger partial charge in [-0.25, -0.2) is 0 Å². The molecule has 3 heteroatoms. The zero-order valence-electron chi connectivity index (χ0n) is 11.2. The van der Waals surface area contributed by atoms with Gasteiger partial charge in [0.2, 0.25) is 0 Å². The van der Waals surface area contributed by atoms with Crippen LogP contribution in [0.15, 0.2) is 12.1 Å². The van der Waals surface area contributed by atoms with Gasteiger partial charge in [-0.15, -0.1) is 11.6 Å². The molecule has 1 aliphatic rings. The lowest BCUT2D eigenvalue weighted by molar-refractivity contribution is 0.359. The third-order valence-corrected chi connectivity index (χ3v) is 4.08. The molecule has 0 spiro atoms. The highest BCUT2D eigenvalue weighted by atomic mass is 35.5. The summed E-state index contributed by atoms with van der Waals surface area (Å²) in [5, 5.41) is 0. The minimum absolute atomic E-state index is 0.484. The maximum atomic E-state index is 5.91. The predicted octanol–water partition coefficient (Wildman–Crippen LogP) is 4.49. The number of methoxy groups -OCH3 is 2. The Labute approximate surface area is 114 Å². The number of hydrogen-bond donors (Lipinski definition) is 0. The van der Waals surface area contributed by atoms with E-state index in [0.29, 0.717) is 11.8 Å². The lowest BCUT2D eigenvalue weighted by Gasteiger charge is -2.26. The Morgan fingerprint density at radius 2 is 1.61 bits per heavy atom. The largest absolute Gasteiger partial charge is 0.496 e. The Hall–Kier alpha value is -0.890. The molecule has 1 aliphatic carbocycles. The van der Waals surface area contributed by atoms with E-state index >= 15 is 0 Å². The molecule has 1 saturated carbocycles. The Morgan fingerprint density at radius 1 is 1.06 bits per heavy atom. The van der Waals surface area contributed by atoms with Crippen molar-refractivity contribution in [3.05, 3.63) is 23.3 Å². The monoisotopic (exact) mass is 268 g/mol. The van der Waals surface area contributed by atoms with Crippen LogP contribution >= 0.6 is 11.6 Å². The number of hydrogen-bond acceptors (Lipinski definition) is 2. The normalized spacial score (nSPS) is 16.6. The standard InChI is InChI=1S/C15H21ClO2/c1-17-13-8-11(10-16)9-14(18-2)15(13)12-6-4-3-5-7-12/h8-9,12H,3-7,10H2,1-2H3. The third kappa shape index (κ3) is 2.74. The van der Waals surface area contributed by atoms with Crippen LogP contribution in [-0.2, 0) is 5.88 Å². The average molecular weight is 269 g/mol. The number of halogens is 1. The summed E-state index contributed by atoms with van der Waals surface area (Å²) < 4.78 is 11.1. The fraction of sp³-hybridized carbons (Fsp3) is 0.600. The summed E-state index contributed by atoms with van der Waals surface area (Å²) in [4.78, 5) is 0. The van der Waals surface area contributed by atoms with Gasteiger partial charge < -0.3 is 9.47 Å². The fourth-order valence-corrected chi connectivity index (χ4v) is 3.02. The first kappa shape index (κ1) is 13.5. The topological polar surface area (TPSA) is 18.5 Å². The van der Waals surface area contributed by atoms with Crippen molar-refractivity contribution in [2.24, 2.45) is 0 Å². The van der Waals surface area contributed by atoms with E-state index in [9.17, 15) is 0 Å². The van der Waals surface area contributed by atoms with Gasteiger partial charge in [-0.2, -0.15) is 0 Å². The number of benzene rings is 1. The summed E-state index contributed by atoms with van der Waals surface area (Å²) in [6.45, 7) is 0. The van der Waals surface area contributed by atoms with Crippen LogP contribution in [0.4, 0.5) is 0 Å². The summed E-state index contributed by atoms with van der Waals surface area (Å²) in [6.07, 6.45) is 6.41. The second-order valence-corrected chi connectivity index (χ2v) is 5.15. The maximum Gasteiger partial charge on any atom is 0.126 e. The molecular formula is C15H21ClO2. The van der Waals surface area contributed by atoms with Crippen molar-refractivity contribution in [3.8, 4) is 11.5 Å². The van der Waals surface area contributed by atoms with Crippen LogP contribution in [0, 0.1) is 0 Å². The van der Waals surface area contributed by atoms with Crippen LogP contribution < -0.4 is 9.47 Å². The second-order valence-electron chi connectivity index (χ2n) is 4.88. The Kier molecular flexibility index (Phi) is 4.76. The van der Waals surface area contributed by atoms with E-state index in [4.69, 9.17) is 21.1 Å². The quantitative estimate of drug-likeness (QED) is 0.749. The molecule has 1 aromatic carbocycles. The lowest BCUT2D eigenvalue weighted by atomic mass is 9.83. The van der Waals surface area contributed by atoms with Gasteiger partial charge in [0.25, 0.3) is 0 Å². The van der Waals surface area contributed by atoms with Gasteiger partial charge in [-0.3, -0.25) is 0 Å². The molecule has 0 aromatic heterocycles. The van der Waals surface area contributed by atoms with Gasteiger partial charge >= 0.3 is 0 Å². The molecule has 0 saturated heterocycles. The highest BCUT2D eigenvalue weighted by Crippen LogP contribution is 2.43. The van der Waals surface area contributed by atoms with Gasteiger partial charge in [-0.1, -0.05) is 19.3 Å². The minimum Gasteiger partial charge on any atom is -0.496 e. The molecule has 1 fully saturated rings. The molecule has 0 amide bonds. The zero-order valence-corrected chi connectivity index (χ0v) is 11.9. The highest BCUT2D eigenvalue weighted by molar-refractivity contribution is 6.17. The van der Waals surface area contributed by atoms with E-state index in [1.165, 1.54) is 37.7 Å². The SMILES string of the molecule is COc1cc(CCl)cc(OC)c1C1CCCCC1. The first-order valence-electron chi connectivity index (χ1n) is 6.61. The van der Waals surface area contributed by atoms with Crippen LogP contribution in [0.2, 0.25) is 0 Å². The average Bonchev–Trinajstić information content (AvgIpc) is 2.46. The maximum absolute atomic E-state index is 5.91. The van der Waals surface area contributed by atoms with Crippen LogP contribution in [0.1, 0.15) is 49.1 Å². The number of ether oxygens (including phenoxy) is 2. The van der Waals surface area contributed by atoms with Crippen LogP contribution in [0.25, 0.3) is 0 Å². The molecule has 100 valence electrons. The molecule has 0 N–H and O–H groups in total. The molecule has 18 heavy (non-hydrogen) atoms. The summed E-state index contributed by atoms with van der Waals surface area (Å²) in [6, 6.07) is 4.08. The van der Waals surface area contributed by atoms with Crippen LogP contribution in [-0.4, -0.2) is 14.2 Å². The van der Waals surface area contributed by atoms with Crippen molar-refractivity contribution in [2.45, 2.75) is 43.9 Å². The van der Waals surface area contributed by atoms with E-state index in [2.05, 4.69) is 0 Å². The molecule has 0 atom stereocenters. The highest BCUT2D eigenvalue weighted by Gasteiger charge is 2.23. The second kappa shape index (κ2) is 6.33. The van der Waals surface area contributed by atoms with Gasteiger partial charge in [0.1, 0.15) is 11.5 Å². The smallest absolute Gasteiger partial charge is 0.126 e. The van der Waals surface area contributed by atoms with Gasteiger partial charge in [0.15, 0.2) is 0 Å². The molecule has 0 aliphatic heterocycles. The molecule has 1 aromatic rings. The van der Waals surface area contributed by atoms with Crippen molar-refractivity contribution >= 4 is 11.6 Å². The Bertz CT molecular complexity index is 372. The first-order chi connectivity index (χ1) is 8.80. The third-order valence-electron chi connectivity index (χ3n) is 3.77. The number of rotatable bonds is 4. The summed E-state index contributed by atoms with van der Waals surface area (Å²) in [5.74, 6) is 2.90. The van der Waals surface area contributed by atoms with Crippen LogP contribution in [0.5, 0.6) is 11.5 Å². The van der Waals surface area contributed by atoms with E-state index in [-0.39, 0.29) is 0 Å². The van der Waals surface area contributed by atoms with Crippen LogP contribution in [0.3, 0.4) is 0 Å². The molecule has 2 nitrogen and oxygen atoms in total. The van der Waals surface area contributed by atoms with Gasteiger partial charge in [0, 0.05) is 11.4 Å². The fourth-order valence-electron chi connectivity index (χ4n) is 2.86. The molecule has 0 bridgehead atoms. The number of alkyl halides is 1. The summed E-state index contributed by atoms with van der Waals surface area (Å²) >= 11 is 5.91. The molecule has 0 radical (unpaired) electrons. The lowest BCUT2D eigenvalue weighted by Crippen LogP contribution is -2.08. The Balaban J connectivity index is 2.41. The van der Waals surface area contributed by atoms with Crippen molar-refractivity contribution in [2.75, 3.05) is 14.2 Å². The van der Waals surface area contributed by atoms with E-state index in [1.807, 2.05) is 12.1 Å². The van der Waals surface area contributed by atoms with Crippen molar-refractivity contribution < 1.29 is 9.47 Å². The minimum atomic E-state index is 0.484. The van der Waals surface area contributed by atoms with E-state index < -0.39 is 0 Å². The van der Waals surface area contributed by atoms with Gasteiger partial charge in [0.05, 0.1) is 14.2 Å². The zero-order chi connectivity index (χ0) is 13.0. The van der Waals surface area contributed by atoms with E-state index in [1.54, 1.807) is 14.2 Å². The predicted molar refractivity (Wildman–Crippen MR) is 74.9 cm³/mol. The van der Waals surface area contributed by atoms with Crippen molar-refractivity contribution in [1.82, 2.24) is 0 Å². The van der Waals surface area contributed by atoms with Crippen molar-refractivity contribution in [3.63, 3.8) is 0 Å². The molecular weight excluding hydrogens is 248 g/mol. The van der Waals surface area contributed by atoms with Crippen molar-refractivity contribution in [1.29, 1.82) is 0 Å². The summed E-state index contributed by atoms with van der Waals surface area (Å²) in [5.41, 5.74) is 2.28. The molecule has 2 rings (SSSR count). The summed E-state index contributed by atoms with van der Waals surface area (Å²) in [7, 11) is 3.44.